The van der Waals surface area contributed by atoms with Crippen LogP contribution in [0.2, 0.25) is 0 Å². The van der Waals surface area contributed by atoms with Crippen LogP contribution in [0.5, 0.6) is 0 Å². The van der Waals surface area contributed by atoms with Crippen molar-refractivity contribution < 1.29 is 0 Å². The van der Waals surface area contributed by atoms with Gasteiger partial charge in [-0.05, 0) is 0 Å². The van der Waals surface area contributed by atoms with E-state index in [1.165, 1.54) is 27.6 Å². The van der Waals surface area contributed by atoms with Crippen LogP contribution in [0.1, 0.15) is 15.9 Å². The minimum absolute atomic E-state index is 0.609. The van der Waals surface area contributed by atoms with Crippen LogP contribution in [0.4, 0.5) is 0 Å². The zero-order chi connectivity index (χ0) is 9.80. The predicted octanol–water partition coefficient (Wildman–Crippen LogP) is 2.41. The van der Waals surface area contributed by atoms with E-state index in [1.54, 1.807) is 0 Å². The summed E-state index contributed by atoms with van der Waals surface area (Å²) in [5.41, 5.74) is 2.86. The summed E-state index contributed by atoms with van der Waals surface area (Å²) in [5, 5.41) is 0. The number of hydrogen-bond donors (Lipinski definition) is 0. The Labute approximate surface area is 93.2 Å². The second kappa shape index (κ2) is 4.47. The monoisotopic (exact) mass is 243 g/mol. The molecule has 2 aromatic carbocycles. The molecule has 0 unspecified atom stereocenters. The Morgan fingerprint density at radius 3 is 1.36 bits per heavy atom. The molecule has 14 heavy (non-hydrogen) atoms. The summed E-state index contributed by atoms with van der Waals surface area (Å²) >= 11 is 1.27. The topological polar surface area (TPSA) is 0 Å². The minimum atomic E-state index is 0.609. The molecule has 0 aliphatic carbocycles. The van der Waals surface area contributed by atoms with E-state index in [0.717, 1.165) is 0 Å². The Kier molecular flexibility index (Phi) is 3.04. The fourth-order valence-corrected chi connectivity index (χ4v) is 2.71. The van der Waals surface area contributed by atoms with Gasteiger partial charge < -0.3 is 0 Å². The van der Waals surface area contributed by atoms with Gasteiger partial charge in [-0.1, -0.05) is 0 Å². The molecule has 0 saturated heterocycles. The standard InChI is InChI=1S/C13H13Ge/c14-13(11-7-3-1-4-8-11)12-9-5-2-6-10-12/h1-10,13H,14H2/q-1. The summed E-state index contributed by atoms with van der Waals surface area (Å²) in [7, 11) is 0. The van der Waals surface area contributed by atoms with Crippen LogP contribution in [0, 0.1) is 0 Å². The van der Waals surface area contributed by atoms with Gasteiger partial charge >= 0.3 is 93.1 Å². The molecule has 0 N–H and O–H groups in total. The summed E-state index contributed by atoms with van der Waals surface area (Å²) < 4.78 is 0.609. The maximum absolute atomic E-state index is 2.21. The van der Waals surface area contributed by atoms with Crippen molar-refractivity contribution in [3.63, 3.8) is 0 Å². The van der Waals surface area contributed by atoms with Crippen molar-refractivity contribution >= 4 is 16.5 Å². The molecule has 0 nitrogen and oxygen atoms in total. The second-order valence-corrected chi connectivity index (χ2v) is 5.09. The van der Waals surface area contributed by atoms with Crippen molar-refractivity contribution in [3.8, 4) is 0 Å². The van der Waals surface area contributed by atoms with Crippen molar-refractivity contribution in [2.75, 3.05) is 0 Å². The number of hydrogen-bond acceptors (Lipinski definition) is 0. The van der Waals surface area contributed by atoms with E-state index in [0.29, 0.717) is 4.75 Å². The summed E-state index contributed by atoms with van der Waals surface area (Å²) in [4.78, 5) is 0. The molecule has 0 aliphatic heterocycles. The molecule has 0 aromatic heterocycles. The van der Waals surface area contributed by atoms with Gasteiger partial charge in [-0.15, -0.1) is 0 Å². The van der Waals surface area contributed by atoms with Gasteiger partial charge in [-0.3, -0.25) is 0 Å². The molecule has 0 saturated carbocycles. The Morgan fingerprint density at radius 2 is 1.00 bits per heavy atom. The van der Waals surface area contributed by atoms with E-state index in [4.69, 9.17) is 0 Å². The Bertz CT molecular complexity index is 341. The SMILES string of the molecule is [GeH2-][CH](c1ccccc1)c1ccccc1. The van der Waals surface area contributed by atoms with Crippen LogP contribution < -0.4 is 0 Å². The van der Waals surface area contributed by atoms with E-state index in [1.807, 2.05) is 0 Å². The molecule has 0 heterocycles. The average Bonchev–Trinajstić information content (AvgIpc) is 2.30. The fraction of sp³-hybridized carbons (Fsp3) is 0.0769. The first-order chi connectivity index (χ1) is 6.88. The van der Waals surface area contributed by atoms with E-state index in [9.17, 15) is 0 Å². The van der Waals surface area contributed by atoms with Crippen molar-refractivity contribution in [1.82, 2.24) is 0 Å². The van der Waals surface area contributed by atoms with Gasteiger partial charge in [0.15, 0.2) is 0 Å². The van der Waals surface area contributed by atoms with Crippen LogP contribution >= 0.6 is 0 Å². The van der Waals surface area contributed by atoms with Gasteiger partial charge in [0.25, 0.3) is 0 Å². The van der Waals surface area contributed by atoms with E-state index in [2.05, 4.69) is 60.7 Å². The predicted molar refractivity (Wildman–Crippen MR) is 63.3 cm³/mol. The third kappa shape index (κ3) is 2.07. The van der Waals surface area contributed by atoms with E-state index in [-0.39, 0.29) is 0 Å². The quantitative estimate of drug-likeness (QED) is 0.709. The third-order valence-corrected chi connectivity index (χ3v) is 4.38. The molecule has 0 amide bonds. The summed E-state index contributed by atoms with van der Waals surface area (Å²) in [6, 6.07) is 21.4. The first-order valence-electron chi connectivity index (χ1n) is 4.81. The van der Waals surface area contributed by atoms with Crippen molar-refractivity contribution in [2.45, 2.75) is 4.75 Å². The van der Waals surface area contributed by atoms with Crippen LogP contribution in [-0.2, 0) is 0 Å². The Balaban J connectivity index is 2.30. The van der Waals surface area contributed by atoms with Gasteiger partial charge in [-0.2, -0.15) is 0 Å². The third-order valence-electron chi connectivity index (χ3n) is 2.40. The molecule has 70 valence electrons. The summed E-state index contributed by atoms with van der Waals surface area (Å²) in [5.74, 6) is 0. The van der Waals surface area contributed by atoms with E-state index >= 15 is 0 Å². The molecular formula is C13H13Ge-. The van der Waals surface area contributed by atoms with Crippen molar-refractivity contribution in [2.24, 2.45) is 0 Å². The number of benzene rings is 2. The van der Waals surface area contributed by atoms with Gasteiger partial charge in [0, 0.05) is 0 Å². The summed E-state index contributed by atoms with van der Waals surface area (Å²) in [6.07, 6.45) is 0. The molecule has 0 aliphatic rings. The summed E-state index contributed by atoms with van der Waals surface area (Å²) in [6.45, 7) is 0. The van der Waals surface area contributed by atoms with Gasteiger partial charge in [0.2, 0.25) is 0 Å². The van der Waals surface area contributed by atoms with Gasteiger partial charge in [0.1, 0.15) is 0 Å². The Hall–Kier alpha value is -1.02. The van der Waals surface area contributed by atoms with Crippen LogP contribution in [0.3, 0.4) is 0 Å². The zero-order valence-electron chi connectivity index (χ0n) is 8.06. The van der Waals surface area contributed by atoms with Gasteiger partial charge in [0.05, 0.1) is 0 Å². The molecule has 0 radical (unpaired) electrons. The molecular weight excluding hydrogens is 229 g/mol. The van der Waals surface area contributed by atoms with Gasteiger partial charge in [-0.25, -0.2) is 0 Å². The molecule has 0 fully saturated rings. The zero-order valence-corrected chi connectivity index (χ0v) is 11.0. The molecule has 0 spiro atoms. The van der Waals surface area contributed by atoms with Crippen LogP contribution in [-0.4, -0.2) is 16.5 Å². The Morgan fingerprint density at radius 1 is 0.643 bits per heavy atom. The first kappa shape index (κ1) is 9.53. The average molecular weight is 242 g/mol. The van der Waals surface area contributed by atoms with Crippen molar-refractivity contribution in [1.29, 1.82) is 0 Å². The molecule has 1 heteroatoms. The normalized spacial score (nSPS) is 10.4. The van der Waals surface area contributed by atoms with Crippen molar-refractivity contribution in [3.05, 3.63) is 71.8 Å². The fourth-order valence-electron chi connectivity index (χ4n) is 1.56. The van der Waals surface area contributed by atoms with Crippen LogP contribution in [0.25, 0.3) is 0 Å². The maximum atomic E-state index is 2.21. The second-order valence-electron chi connectivity index (χ2n) is 3.37. The molecule has 0 atom stereocenters. The van der Waals surface area contributed by atoms with Crippen LogP contribution in [0.15, 0.2) is 60.7 Å². The molecule has 0 bridgehead atoms. The number of rotatable bonds is 2. The molecule has 2 rings (SSSR count). The van der Waals surface area contributed by atoms with E-state index < -0.39 is 0 Å². The molecule has 2 aromatic rings. The first-order valence-corrected chi connectivity index (χ1v) is 6.52.